The molecule has 0 amide bonds. The van der Waals surface area contributed by atoms with E-state index >= 15 is 0 Å². The van der Waals surface area contributed by atoms with Crippen molar-refractivity contribution >= 4 is 11.6 Å². The Morgan fingerprint density at radius 3 is 2.52 bits per heavy atom. The average Bonchev–Trinajstić information content (AvgIpc) is 2.49. The largest absolute Gasteiger partial charge is 0.490 e. The number of halogens is 1. The topological polar surface area (TPSA) is 45.6 Å². The van der Waals surface area contributed by atoms with Gasteiger partial charge in [0.15, 0.2) is 0 Å². The normalized spacial score (nSPS) is 12.4. The van der Waals surface area contributed by atoms with E-state index in [0.29, 0.717) is 18.2 Å². The van der Waals surface area contributed by atoms with Gasteiger partial charge in [0.2, 0.25) is 0 Å². The summed E-state index contributed by atoms with van der Waals surface area (Å²) in [5.41, 5.74) is 3.22. The molecule has 0 aliphatic heterocycles. The van der Waals surface area contributed by atoms with Crippen molar-refractivity contribution in [3.05, 3.63) is 58.4 Å². The molecule has 4 nitrogen and oxygen atoms in total. The number of likely N-dealkylation sites (N-methyl/N-ethyl adjacent to an activating group) is 1. The number of para-hydroxylation sites is 1. The molecule has 1 atom stereocenters. The molecule has 1 aromatic carbocycles. The Labute approximate surface area is 142 Å². The van der Waals surface area contributed by atoms with Crippen molar-refractivity contribution in [1.29, 1.82) is 0 Å². The van der Waals surface area contributed by atoms with E-state index in [9.17, 15) is 5.11 Å². The van der Waals surface area contributed by atoms with Crippen LogP contribution in [0.4, 0.5) is 0 Å². The number of aliphatic hydroxyl groups is 1. The van der Waals surface area contributed by atoms with Gasteiger partial charge in [-0.05, 0) is 43.7 Å². The molecule has 0 fully saturated rings. The van der Waals surface area contributed by atoms with Gasteiger partial charge in [-0.2, -0.15) is 0 Å². The molecule has 0 aliphatic rings. The van der Waals surface area contributed by atoms with Gasteiger partial charge in [-0.1, -0.05) is 35.9 Å². The summed E-state index contributed by atoms with van der Waals surface area (Å²) in [6.45, 7) is 5.51. The number of aryl methyl sites for hydroxylation is 2. The fourth-order valence-electron chi connectivity index (χ4n) is 2.50. The molecule has 0 saturated carbocycles. The number of ether oxygens (including phenoxy) is 1. The van der Waals surface area contributed by atoms with Crippen molar-refractivity contribution in [2.24, 2.45) is 0 Å². The van der Waals surface area contributed by atoms with Crippen LogP contribution in [-0.4, -0.2) is 41.3 Å². The van der Waals surface area contributed by atoms with Gasteiger partial charge >= 0.3 is 0 Å². The zero-order chi connectivity index (χ0) is 16.8. The predicted octanol–water partition coefficient (Wildman–Crippen LogP) is 3.22. The van der Waals surface area contributed by atoms with Crippen LogP contribution in [0, 0.1) is 13.8 Å². The molecule has 0 spiro atoms. The zero-order valence-corrected chi connectivity index (χ0v) is 14.5. The van der Waals surface area contributed by atoms with Crippen molar-refractivity contribution in [3.8, 4) is 5.75 Å². The van der Waals surface area contributed by atoms with E-state index in [-0.39, 0.29) is 6.61 Å². The molecular formula is C18H23ClN2O2. The molecule has 0 radical (unpaired) electrons. The summed E-state index contributed by atoms with van der Waals surface area (Å²) in [6.07, 6.45) is 1.19. The third-order valence-corrected chi connectivity index (χ3v) is 3.82. The Morgan fingerprint density at radius 2 is 1.91 bits per heavy atom. The van der Waals surface area contributed by atoms with Crippen molar-refractivity contribution in [2.75, 3.05) is 20.2 Å². The lowest BCUT2D eigenvalue weighted by atomic mass is 10.1. The molecule has 0 aliphatic carbocycles. The van der Waals surface area contributed by atoms with Crippen molar-refractivity contribution in [3.63, 3.8) is 0 Å². The quantitative estimate of drug-likeness (QED) is 0.790. The highest BCUT2D eigenvalue weighted by molar-refractivity contribution is 6.29. The van der Waals surface area contributed by atoms with Crippen LogP contribution in [0.1, 0.15) is 16.7 Å². The number of nitrogens with zero attached hydrogens (tertiary/aromatic N) is 2. The van der Waals surface area contributed by atoms with Crippen LogP contribution in [0.2, 0.25) is 5.15 Å². The molecular weight excluding hydrogens is 312 g/mol. The first-order valence-electron chi connectivity index (χ1n) is 7.61. The third kappa shape index (κ3) is 5.50. The lowest BCUT2D eigenvalue weighted by Gasteiger charge is -2.21. The molecule has 23 heavy (non-hydrogen) atoms. The van der Waals surface area contributed by atoms with Crippen LogP contribution in [-0.2, 0) is 6.54 Å². The van der Waals surface area contributed by atoms with Crippen molar-refractivity contribution < 1.29 is 9.84 Å². The zero-order valence-electron chi connectivity index (χ0n) is 13.8. The first kappa shape index (κ1) is 17.7. The minimum Gasteiger partial charge on any atom is -0.490 e. The number of benzene rings is 1. The Hall–Kier alpha value is -1.62. The Balaban J connectivity index is 1.82. The van der Waals surface area contributed by atoms with E-state index in [1.54, 1.807) is 12.3 Å². The van der Waals surface area contributed by atoms with E-state index in [0.717, 1.165) is 22.4 Å². The summed E-state index contributed by atoms with van der Waals surface area (Å²) in [4.78, 5) is 6.09. The van der Waals surface area contributed by atoms with Crippen LogP contribution >= 0.6 is 11.6 Å². The Morgan fingerprint density at radius 1 is 1.22 bits per heavy atom. The highest BCUT2D eigenvalue weighted by Crippen LogP contribution is 2.22. The second-order valence-electron chi connectivity index (χ2n) is 5.87. The molecule has 5 heteroatoms. The summed E-state index contributed by atoms with van der Waals surface area (Å²) < 4.78 is 5.79. The van der Waals surface area contributed by atoms with Gasteiger partial charge in [-0.15, -0.1) is 0 Å². The van der Waals surface area contributed by atoms with Crippen LogP contribution in [0.25, 0.3) is 0 Å². The molecule has 2 rings (SSSR count). The lowest BCUT2D eigenvalue weighted by molar-refractivity contribution is 0.0738. The highest BCUT2D eigenvalue weighted by atomic mass is 35.5. The molecule has 2 aromatic rings. The standard InChI is InChI=1S/C18H23ClN2O2/c1-13-5-4-6-14(2)18(13)23-12-16(22)11-21(3)10-15-7-8-17(19)20-9-15/h4-9,16,22H,10-12H2,1-3H3. The van der Waals surface area contributed by atoms with Gasteiger partial charge in [0.25, 0.3) is 0 Å². The molecule has 1 unspecified atom stereocenters. The monoisotopic (exact) mass is 334 g/mol. The second-order valence-corrected chi connectivity index (χ2v) is 6.26. The summed E-state index contributed by atoms with van der Waals surface area (Å²) in [5, 5.41) is 10.7. The molecule has 124 valence electrons. The number of rotatable bonds is 7. The maximum atomic E-state index is 10.2. The van der Waals surface area contributed by atoms with Gasteiger partial charge in [0.1, 0.15) is 23.6 Å². The van der Waals surface area contributed by atoms with E-state index in [4.69, 9.17) is 16.3 Å². The van der Waals surface area contributed by atoms with Crippen molar-refractivity contribution in [1.82, 2.24) is 9.88 Å². The molecule has 0 bridgehead atoms. The van der Waals surface area contributed by atoms with Gasteiger partial charge in [0, 0.05) is 19.3 Å². The molecule has 1 heterocycles. The maximum Gasteiger partial charge on any atom is 0.129 e. The van der Waals surface area contributed by atoms with Crippen LogP contribution < -0.4 is 4.74 Å². The SMILES string of the molecule is Cc1cccc(C)c1OCC(O)CN(C)Cc1ccc(Cl)nc1. The minimum absolute atomic E-state index is 0.273. The number of aliphatic hydroxyl groups excluding tert-OH is 1. The molecule has 1 aromatic heterocycles. The predicted molar refractivity (Wildman–Crippen MR) is 93.0 cm³/mol. The van der Waals surface area contributed by atoms with Gasteiger partial charge in [-0.3, -0.25) is 4.90 Å². The number of pyridine rings is 1. The van der Waals surface area contributed by atoms with Crippen LogP contribution in [0.3, 0.4) is 0 Å². The van der Waals surface area contributed by atoms with E-state index in [2.05, 4.69) is 4.98 Å². The molecule has 0 saturated heterocycles. The summed E-state index contributed by atoms with van der Waals surface area (Å²) in [7, 11) is 1.96. The smallest absolute Gasteiger partial charge is 0.129 e. The van der Waals surface area contributed by atoms with E-state index < -0.39 is 6.10 Å². The van der Waals surface area contributed by atoms with Crippen LogP contribution in [0.15, 0.2) is 36.5 Å². The maximum absolute atomic E-state index is 10.2. The summed E-state index contributed by atoms with van der Waals surface area (Å²) >= 11 is 5.78. The summed E-state index contributed by atoms with van der Waals surface area (Å²) in [5.74, 6) is 0.858. The Kier molecular flexibility index (Phi) is 6.39. The summed E-state index contributed by atoms with van der Waals surface area (Å²) in [6, 6.07) is 9.72. The minimum atomic E-state index is -0.556. The van der Waals surface area contributed by atoms with Gasteiger partial charge in [-0.25, -0.2) is 4.98 Å². The fourth-order valence-corrected chi connectivity index (χ4v) is 2.61. The van der Waals surface area contributed by atoms with Gasteiger partial charge < -0.3 is 9.84 Å². The lowest BCUT2D eigenvalue weighted by Crippen LogP contribution is -2.33. The van der Waals surface area contributed by atoms with Crippen molar-refractivity contribution in [2.45, 2.75) is 26.5 Å². The third-order valence-electron chi connectivity index (χ3n) is 3.59. The van der Waals surface area contributed by atoms with Crippen LogP contribution in [0.5, 0.6) is 5.75 Å². The highest BCUT2D eigenvalue weighted by Gasteiger charge is 2.11. The fraction of sp³-hybridized carbons (Fsp3) is 0.389. The Bertz CT molecular complexity index is 611. The number of aromatic nitrogens is 1. The first-order chi connectivity index (χ1) is 11.0. The first-order valence-corrected chi connectivity index (χ1v) is 7.99. The number of hydrogen-bond acceptors (Lipinski definition) is 4. The van der Waals surface area contributed by atoms with E-state index in [1.165, 1.54) is 0 Å². The second kappa shape index (κ2) is 8.29. The number of hydrogen-bond donors (Lipinski definition) is 1. The molecule has 1 N–H and O–H groups in total. The van der Waals surface area contributed by atoms with Gasteiger partial charge in [0.05, 0.1) is 0 Å². The van der Waals surface area contributed by atoms with E-state index in [1.807, 2.05) is 50.1 Å². The average molecular weight is 335 g/mol.